The number of rotatable bonds is 4. The maximum atomic E-state index is 12.1. The molecule has 1 aromatic carbocycles. The molecule has 20 heavy (non-hydrogen) atoms. The molecule has 2 aromatic rings. The Bertz CT molecular complexity index is 790. The molecule has 1 unspecified atom stereocenters. The van der Waals surface area contributed by atoms with E-state index in [2.05, 4.69) is 13.5 Å². The van der Waals surface area contributed by atoms with Crippen LogP contribution >= 0.6 is 47.1 Å². The van der Waals surface area contributed by atoms with Crippen molar-refractivity contribution in [2.45, 2.75) is 12.2 Å². The monoisotopic (exact) mass is 370 g/mol. The number of anilines is 1. The fraction of sp³-hybridized carbons (Fsp3) is 0.222. The number of nitrogens with one attached hydrogen (secondary N) is 1. The average Bonchev–Trinajstić information content (AvgIpc) is 2.82. The topological polar surface area (TPSA) is 98.0 Å². The van der Waals surface area contributed by atoms with Gasteiger partial charge in [0.15, 0.2) is 0 Å². The van der Waals surface area contributed by atoms with Crippen LogP contribution in [0.25, 0.3) is 11.0 Å². The third-order valence-corrected chi connectivity index (χ3v) is 5.85. The summed E-state index contributed by atoms with van der Waals surface area (Å²) in [5.74, 6) is 0. The first-order valence-corrected chi connectivity index (χ1v) is 8.59. The van der Waals surface area contributed by atoms with E-state index >= 15 is 0 Å². The summed E-state index contributed by atoms with van der Waals surface area (Å²) < 4.78 is 34.6. The lowest BCUT2D eigenvalue weighted by molar-refractivity contribution is 0.598. The Morgan fingerprint density at radius 3 is 2.60 bits per heavy atom. The summed E-state index contributed by atoms with van der Waals surface area (Å²) in [7, 11) is -3.82. The highest BCUT2D eigenvalue weighted by atomic mass is 35.5. The zero-order valence-electron chi connectivity index (χ0n) is 9.92. The van der Waals surface area contributed by atoms with E-state index in [-0.39, 0.29) is 21.2 Å². The Morgan fingerprint density at radius 1 is 1.40 bits per heavy atom. The summed E-state index contributed by atoms with van der Waals surface area (Å²) in [5, 5.41) is -0.635. The summed E-state index contributed by atoms with van der Waals surface area (Å²) in [6, 6.07) is 1.40. The largest absolute Gasteiger partial charge is 0.392 e. The fourth-order valence-corrected chi connectivity index (χ4v) is 3.92. The van der Waals surface area contributed by atoms with Crippen molar-refractivity contribution in [3.8, 4) is 0 Å². The van der Waals surface area contributed by atoms with Crippen molar-refractivity contribution in [1.29, 1.82) is 0 Å². The first-order valence-electron chi connectivity index (χ1n) is 5.15. The number of nitrogens with zero attached hydrogens (tertiary/aromatic N) is 2. The molecule has 0 saturated carbocycles. The van der Waals surface area contributed by atoms with Crippen LogP contribution in [0.4, 0.5) is 5.69 Å². The maximum absolute atomic E-state index is 12.1. The predicted octanol–water partition coefficient (Wildman–Crippen LogP) is 2.41. The minimum atomic E-state index is -3.82. The summed E-state index contributed by atoms with van der Waals surface area (Å²) in [5.41, 5.74) is 6.14. The van der Waals surface area contributed by atoms with Gasteiger partial charge in [0.05, 0.1) is 32.4 Å². The SMILES string of the molecule is CC(C(N)=S)S(=O)(=O)Nc1c(Cl)cc(Cl)c2nsnc12. The van der Waals surface area contributed by atoms with Gasteiger partial charge in [0, 0.05) is 0 Å². The Kier molecular flexibility index (Phi) is 4.35. The zero-order valence-corrected chi connectivity index (χ0v) is 13.9. The predicted molar refractivity (Wildman–Crippen MR) is 86.2 cm³/mol. The summed E-state index contributed by atoms with van der Waals surface area (Å²) in [4.78, 5) is -0.143. The number of aromatic nitrogens is 2. The molecule has 0 radical (unpaired) electrons. The second-order valence-electron chi connectivity index (χ2n) is 3.87. The molecule has 0 fully saturated rings. The number of sulfonamides is 1. The first kappa shape index (κ1) is 15.6. The lowest BCUT2D eigenvalue weighted by atomic mass is 10.3. The number of fused-ring (bicyclic) bond motifs is 1. The molecular formula is C9H8Cl2N4O2S3. The average molecular weight is 371 g/mol. The third kappa shape index (κ3) is 2.82. The number of hydrogen-bond acceptors (Lipinski definition) is 6. The molecule has 0 aliphatic heterocycles. The van der Waals surface area contributed by atoms with E-state index in [0.29, 0.717) is 10.5 Å². The van der Waals surface area contributed by atoms with Gasteiger partial charge in [-0.1, -0.05) is 35.4 Å². The molecule has 0 spiro atoms. The van der Waals surface area contributed by atoms with Crippen molar-refractivity contribution in [2.75, 3.05) is 4.72 Å². The molecule has 1 aromatic heterocycles. The molecule has 3 N–H and O–H groups in total. The molecule has 1 atom stereocenters. The summed E-state index contributed by atoms with van der Waals surface area (Å²) in [6.45, 7) is 1.38. The maximum Gasteiger partial charge on any atom is 0.242 e. The van der Waals surface area contributed by atoms with Crippen molar-refractivity contribution in [3.05, 3.63) is 16.1 Å². The van der Waals surface area contributed by atoms with Crippen LogP contribution in [0.3, 0.4) is 0 Å². The lowest BCUT2D eigenvalue weighted by Crippen LogP contribution is -2.35. The molecule has 6 nitrogen and oxygen atoms in total. The standard InChI is InChI=1S/C9H8Cl2N4O2S3/c1-3(9(12)18)20(16,17)15-7-5(11)2-4(10)6-8(7)14-19-13-6/h2-3,15H,1H3,(H2,12,18). The molecule has 0 bridgehead atoms. The second kappa shape index (κ2) is 5.57. The van der Waals surface area contributed by atoms with Crippen molar-refractivity contribution in [1.82, 2.24) is 8.75 Å². The lowest BCUT2D eigenvalue weighted by Gasteiger charge is -2.14. The number of benzene rings is 1. The van der Waals surface area contributed by atoms with Crippen molar-refractivity contribution in [2.24, 2.45) is 5.73 Å². The number of thiocarbonyl (C=S) groups is 1. The zero-order chi connectivity index (χ0) is 15.1. The smallest absolute Gasteiger partial charge is 0.242 e. The van der Waals surface area contributed by atoms with Gasteiger partial charge < -0.3 is 5.73 Å². The molecule has 11 heteroatoms. The van der Waals surface area contributed by atoms with Crippen LogP contribution in [0.5, 0.6) is 0 Å². The molecule has 0 aliphatic carbocycles. The van der Waals surface area contributed by atoms with Gasteiger partial charge in [-0.15, -0.1) is 0 Å². The third-order valence-electron chi connectivity index (χ3n) is 2.55. The van der Waals surface area contributed by atoms with Crippen molar-refractivity contribution < 1.29 is 8.42 Å². The van der Waals surface area contributed by atoms with E-state index in [1.54, 1.807) is 0 Å². The minimum Gasteiger partial charge on any atom is -0.392 e. The van der Waals surface area contributed by atoms with Crippen LogP contribution in [0, 0.1) is 0 Å². The number of halogens is 2. The van der Waals surface area contributed by atoms with Crippen LogP contribution < -0.4 is 10.5 Å². The molecule has 0 saturated heterocycles. The van der Waals surface area contributed by atoms with Gasteiger partial charge in [0.2, 0.25) is 10.0 Å². The van der Waals surface area contributed by atoms with Gasteiger partial charge in [-0.2, -0.15) is 8.75 Å². The quantitative estimate of drug-likeness (QED) is 0.801. The van der Waals surface area contributed by atoms with E-state index in [4.69, 9.17) is 41.2 Å². The Hall–Kier alpha value is -0.740. The van der Waals surface area contributed by atoms with E-state index in [0.717, 1.165) is 11.7 Å². The van der Waals surface area contributed by atoms with Crippen molar-refractivity contribution >= 4 is 78.9 Å². The molecular weight excluding hydrogens is 363 g/mol. The van der Waals surface area contributed by atoms with Crippen LogP contribution in [0.1, 0.15) is 6.92 Å². The van der Waals surface area contributed by atoms with Crippen LogP contribution in [0.2, 0.25) is 10.0 Å². The van der Waals surface area contributed by atoms with E-state index in [1.165, 1.54) is 13.0 Å². The highest BCUT2D eigenvalue weighted by molar-refractivity contribution is 7.95. The van der Waals surface area contributed by atoms with Crippen LogP contribution in [-0.2, 0) is 10.0 Å². The highest BCUT2D eigenvalue weighted by Crippen LogP contribution is 2.36. The van der Waals surface area contributed by atoms with Crippen LogP contribution in [-0.4, -0.2) is 27.4 Å². The fourth-order valence-electron chi connectivity index (χ4n) is 1.35. The van der Waals surface area contributed by atoms with Gasteiger partial charge in [0.25, 0.3) is 0 Å². The molecule has 0 amide bonds. The van der Waals surface area contributed by atoms with E-state index < -0.39 is 15.3 Å². The van der Waals surface area contributed by atoms with Gasteiger partial charge in [-0.25, -0.2) is 8.42 Å². The highest BCUT2D eigenvalue weighted by Gasteiger charge is 2.26. The molecule has 0 aliphatic rings. The Labute approximate surface area is 134 Å². The van der Waals surface area contributed by atoms with Gasteiger partial charge in [0.1, 0.15) is 16.3 Å². The van der Waals surface area contributed by atoms with E-state index in [1.807, 2.05) is 0 Å². The first-order chi connectivity index (χ1) is 9.24. The summed E-state index contributed by atoms with van der Waals surface area (Å²) >= 11 is 17.6. The van der Waals surface area contributed by atoms with Crippen molar-refractivity contribution in [3.63, 3.8) is 0 Å². The Balaban J connectivity index is 2.55. The normalized spacial score (nSPS) is 13.3. The van der Waals surface area contributed by atoms with Gasteiger partial charge in [-0.05, 0) is 13.0 Å². The number of nitrogens with two attached hydrogens (primary N) is 1. The number of hydrogen-bond donors (Lipinski definition) is 2. The van der Waals surface area contributed by atoms with Crippen LogP contribution in [0.15, 0.2) is 6.07 Å². The Morgan fingerprint density at radius 2 is 2.00 bits per heavy atom. The molecule has 1 heterocycles. The molecule has 108 valence electrons. The van der Waals surface area contributed by atoms with Gasteiger partial charge >= 0.3 is 0 Å². The van der Waals surface area contributed by atoms with Gasteiger partial charge in [-0.3, -0.25) is 4.72 Å². The summed E-state index contributed by atoms with van der Waals surface area (Å²) in [6.07, 6.45) is 0. The second-order valence-corrected chi connectivity index (χ2v) is 7.68. The minimum absolute atomic E-state index is 0.114. The van der Waals surface area contributed by atoms with E-state index in [9.17, 15) is 8.42 Å². The molecule has 2 rings (SSSR count).